The number of aliphatic imine (C=N–C) groups is 1. The molecule has 0 saturated carbocycles. The molecule has 0 aromatic carbocycles. The van der Waals surface area contributed by atoms with Crippen molar-refractivity contribution in [3.8, 4) is 0 Å². The molecule has 2 heteroatoms. The molecule has 0 aromatic rings. The second kappa shape index (κ2) is 2.45. The Balaban J connectivity index is 2.09. The van der Waals surface area contributed by atoms with Crippen LogP contribution in [0.2, 0.25) is 0 Å². The maximum Gasteiger partial charge on any atom is 0.0728 e. The third-order valence-electron chi connectivity index (χ3n) is 2.20. The van der Waals surface area contributed by atoms with Crippen molar-refractivity contribution in [1.29, 1.82) is 0 Å². The van der Waals surface area contributed by atoms with Crippen molar-refractivity contribution in [2.75, 3.05) is 6.54 Å². The minimum absolute atomic E-state index is 0.495. The molecule has 1 radical (unpaired) electrons. The fourth-order valence-electron chi connectivity index (χ4n) is 1.53. The molecule has 2 aliphatic heterocycles. The average Bonchev–Trinajstić information content (AvgIpc) is 2.05. The maximum absolute atomic E-state index is 4.36. The topological polar surface area (TPSA) is 26.5 Å². The van der Waals surface area contributed by atoms with Crippen molar-refractivity contribution in [1.82, 2.24) is 5.32 Å². The first-order chi connectivity index (χ1) is 4.97. The third kappa shape index (κ3) is 0.939. The molecule has 0 spiro atoms. The standard InChI is InChI=1S/C8H11N2/c1-2-7-3-5-9-6-8(7)10-4-1/h1,4-5,7-8H,2-3,6H2. The van der Waals surface area contributed by atoms with Crippen LogP contribution in [-0.4, -0.2) is 18.8 Å². The van der Waals surface area contributed by atoms with Crippen LogP contribution in [0.1, 0.15) is 12.8 Å². The Hall–Kier alpha value is -0.790. The summed E-state index contributed by atoms with van der Waals surface area (Å²) in [5.74, 6) is 0.752. The lowest BCUT2D eigenvalue weighted by Crippen LogP contribution is -2.35. The first-order valence-electron chi connectivity index (χ1n) is 3.80. The van der Waals surface area contributed by atoms with Gasteiger partial charge in [-0.1, -0.05) is 6.08 Å². The molecule has 0 aromatic heterocycles. The normalized spacial score (nSPS) is 36.8. The SMILES string of the molecule is C1=C[N]C2CN=CCC2C1. The van der Waals surface area contributed by atoms with Crippen LogP contribution in [0, 0.1) is 5.92 Å². The summed E-state index contributed by atoms with van der Waals surface area (Å²) in [5.41, 5.74) is 0. The van der Waals surface area contributed by atoms with Crippen LogP contribution < -0.4 is 5.32 Å². The Bertz CT molecular complexity index is 136. The van der Waals surface area contributed by atoms with E-state index in [0.29, 0.717) is 6.04 Å². The van der Waals surface area contributed by atoms with Gasteiger partial charge in [-0.25, -0.2) is 0 Å². The predicted molar refractivity (Wildman–Crippen MR) is 41.1 cm³/mol. The molecule has 2 heterocycles. The second-order valence-electron chi connectivity index (χ2n) is 2.88. The molecule has 0 saturated heterocycles. The summed E-state index contributed by atoms with van der Waals surface area (Å²) in [6.07, 6.45) is 8.44. The molecule has 0 N–H and O–H groups in total. The van der Waals surface area contributed by atoms with Crippen molar-refractivity contribution in [3.63, 3.8) is 0 Å². The largest absolute Gasteiger partial charge is 0.295 e. The smallest absolute Gasteiger partial charge is 0.0728 e. The summed E-state index contributed by atoms with van der Waals surface area (Å²) in [6.45, 7) is 0.912. The number of fused-ring (bicyclic) bond motifs is 1. The van der Waals surface area contributed by atoms with Crippen LogP contribution in [0.3, 0.4) is 0 Å². The Labute approximate surface area is 61.0 Å². The van der Waals surface area contributed by atoms with E-state index < -0.39 is 0 Å². The second-order valence-corrected chi connectivity index (χ2v) is 2.88. The van der Waals surface area contributed by atoms with Gasteiger partial charge in [-0.15, -0.1) is 0 Å². The van der Waals surface area contributed by atoms with Gasteiger partial charge in [-0.05, 0) is 25.0 Å². The number of hydrogen-bond acceptors (Lipinski definition) is 1. The van der Waals surface area contributed by atoms with Crippen LogP contribution in [0.15, 0.2) is 17.3 Å². The zero-order chi connectivity index (χ0) is 6.81. The van der Waals surface area contributed by atoms with E-state index >= 15 is 0 Å². The van der Waals surface area contributed by atoms with Crippen LogP contribution in [0.5, 0.6) is 0 Å². The summed E-state index contributed by atoms with van der Waals surface area (Å²) >= 11 is 0. The summed E-state index contributed by atoms with van der Waals surface area (Å²) in [4.78, 5) is 4.21. The predicted octanol–water partition coefficient (Wildman–Crippen LogP) is 0.967. The average molecular weight is 135 g/mol. The van der Waals surface area contributed by atoms with E-state index in [2.05, 4.69) is 16.4 Å². The lowest BCUT2D eigenvalue weighted by Gasteiger charge is -2.28. The van der Waals surface area contributed by atoms with Gasteiger partial charge in [0.2, 0.25) is 0 Å². The lowest BCUT2D eigenvalue weighted by molar-refractivity contribution is 0.370. The van der Waals surface area contributed by atoms with E-state index in [1.807, 2.05) is 12.4 Å². The van der Waals surface area contributed by atoms with Crippen LogP contribution in [0.4, 0.5) is 0 Å². The van der Waals surface area contributed by atoms with Gasteiger partial charge in [0.1, 0.15) is 0 Å². The third-order valence-corrected chi connectivity index (χ3v) is 2.20. The van der Waals surface area contributed by atoms with Crippen molar-refractivity contribution in [2.24, 2.45) is 10.9 Å². The van der Waals surface area contributed by atoms with Crippen molar-refractivity contribution in [3.05, 3.63) is 12.3 Å². The molecule has 2 unspecified atom stereocenters. The van der Waals surface area contributed by atoms with Gasteiger partial charge in [0.15, 0.2) is 0 Å². The van der Waals surface area contributed by atoms with Gasteiger partial charge in [-0.2, -0.15) is 0 Å². The molecule has 0 amide bonds. The Morgan fingerprint density at radius 2 is 2.30 bits per heavy atom. The highest BCUT2D eigenvalue weighted by Gasteiger charge is 2.24. The lowest BCUT2D eigenvalue weighted by atomic mass is 9.89. The van der Waals surface area contributed by atoms with Crippen molar-refractivity contribution >= 4 is 6.21 Å². The molecule has 2 nitrogen and oxygen atoms in total. The summed E-state index contributed by atoms with van der Waals surface area (Å²) in [6, 6.07) is 0.495. The van der Waals surface area contributed by atoms with Crippen LogP contribution in [0.25, 0.3) is 0 Å². The van der Waals surface area contributed by atoms with Crippen LogP contribution >= 0.6 is 0 Å². The Kier molecular flexibility index (Phi) is 1.46. The van der Waals surface area contributed by atoms with E-state index in [1.54, 1.807) is 0 Å². The van der Waals surface area contributed by atoms with E-state index in [4.69, 9.17) is 0 Å². The molecule has 53 valence electrons. The fraction of sp³-hybridized carbons (Fsp3) is 0.625. The Morgan fingerprint density at radius 3 is 3.20 bits per heavy atom. The monoisotopic (exact) mass is 135 g/mol. The van der Waals surface area contributed by atoms with Crippen molar-refractivity contribution < 1.29 is 0 Å². The Morgan fingerprint density at radius 1 is 1.30 bits per heavy atom. The maximum atomic E-state index is 4.36. The van der Waals surface area contributed by atoms with Crippen molar-refractivity contribution in [2.45, 2.75) is 18.9 Å². The van der Waals surface area contributed by atoms with E-state index in [0.717, 1.165) is 18.9 Å². The zero-order valence-electron chi connectivity index (χ0n) is 5.90. The molecular weight excluding hydrogens is 124 g/mol. The van der Waals surface area contributed by atoms with E-state index in [1.165, 1.54) is 6.42 Å². The summed E-state index contributed by atoms with van der Waals surface area (Å²) < 4.78 is 0. The highest BCUT2D eigenvalue weighted by molar-refractivity contribution is 5.59. The highest BCUT2D eigenvalue weighted by atomic mass is 15.0. The number of rotatable bonds is 0. The van der Waals surface area contributed by atoms with E-state index in [9.17, 15) is 0 Å². The minimum atomic E-state index is 0.495. The number of allylic oxidation sites excluding steroid dienone is 1. The quantitative estimate of drug-likeness (QED) is 0.473. The van der Waals surface area contributed by atoms with Crippen LogP contribution in [-0.2, 0) is 0 Å². The van der Waals surface area contributed by atoms with Gasteiger partial charge in [0, 0.05) is 6.20 Å². The molecule has 10 heavy (non-hydrogen) atoms. The molecule has 0 bridgehead atoms. The first kappa shape index (κ1) is 5.96. The summed E-state index contributed by atoms with van der Waals surface area (Å²) in [5, 5.41) is 4.36. The highest BCUT2D eigenvalue weighted by Crippen LogP contribution is 2.21. The molecule has 2 rings (SSSR count). The molecule has 0 fully saturated rings. The zero-order valence-corrected chi connectivity index (χ0v) is 5.90. The van der Waals surface area contributed by atoms with Gasteiger partial charge in [0.25, 0.3) is 0 Å². The van der Waals surface area contributed by atoms with Gasteiger partial charge >= 0.3 is 0 Å². The fourth-order valence-corrected chi connectivity index (χ4v) is 1.53. The van der Waals surface area contributed by atoms with E-state index in [-0.39, 0.29) is 0 Å². The number of nitrogens with zero attached hydrogens (tertiary/aromatic N) is 2. The van der Waals surface area contributed by atoms with Gasteiger partial charge < -0.3 is 0 Å². The molecule has 2 atom stereocenters. The molecule has 2 aliphatic rings. The molecule has 0 aliphatic carbocycles. The molecular formula is C8H11N2. The minimum Gasteiger partial charge on any atom is -0.295 e. The van der Waals surface area contributed by atoms with Gasteiger partial charge in [0.05, 0.1) is 12.6 Å². The number of hydrogen-bond donors (Lipinski definition) is 0. The summed E-state index contributed by atoms with van der Waals surface area (Å²) in [7, 11) is 0. The van der Waals surface area contributed by atoms with Gasteiger partial charge in [-0.3, -0.25) is 10.3 Å². The first-order valence-corrected chi connectivity index (χ1v) is 3.80.